The van der Waals surface area contributed by atoms with Gasteiger partial charge in [0.25, 0.3) is 0 Å². The molecule has 0 heterocycles. The van der Waals surface area contributed by atoms with Gasteiger partial charge in [-0.25, -0.2) is 0 Å². The van der Waals surface area contributed by atoms with Crippen LogP contribution in [0.3, 0.4) is 0 Å². The van der Waals surface area contributed by atoms with Crippen LogP contribution in [0.15, 0.2) is 18.2 Å². The molecule has 0 aliphatic carbocycles. The van der Waals surface area contributed by atoms with Gasteiger partial charge in [-0.15, -0.1) is 0 Å². The van der Waals surface area contributed by atoms with Crippen LogP contribution in [0.1, 0.15) is 37.9 Å². The predicted octanol–water partition coefficient (Wildman–Crippen LogP) is 3.69. The zero-order valence-corrected chi connectivity index (χ0v) is 10.0. The van der Waals surface area contributed by atoms with Crippen molar-refractivity contribution in [3.05, 3.63) is 34.3 Å². The van der Waals surface area contributed by atoms with Crippen LogP contribution in [0.5, 0.6) is 0 Å². The van der Waals surface area contributed by atoms with E-state index in [-0.39, 0.29) is 11.5 Å². The number of hydrogen-bond donors (Lipinski definition) is 1. The van der Waals surface area contributed by atoms with Gasteiger partial charge >= 0.3 is 0 Å². The molecule has 2 N–H and O–H groups in total. The van der Waals surface area contributed by atoms with Gasteiger partial charge in [-0.05, 0) is 35.6 Å². The van der Waals surface area contributed by atoms with Crippen LogP contribution in [-0.2, 0) is 0 Å². The molecule has 0 saturated heterocycles. The van der Waals surface area contributed by atoms with E-state index in [4.69, 9.17) is 17.3 Å². The highest BCUT2D eigenvalue weighted by Crippen LogP contribution is 2.32. The fourth-order valence-corrected chi connectivity index (χ4v) is 1.68. The lowest BCUT2D eigenvalue weighted by Gasteiger charge is -2.28. The molecule has 1 rings (SSSR count). The lowest BCUT2D eigenvalue weighted by atomic mass is 9.81. The summed E-state index contributed by atoms with van der Waals surface area (Å²) in [7, 11) is 0. The van der Waals surface area contributed by atoms with Crippen molar-refractivity contribution >= 4 is 11.6 Å². The monoisotopic (exact) mass is 211 g/mol. The minimum Gasteiger partial charge on any atom is -0.324 e. The van der Waals surface area contributed by atoms with E-state index in [0.29, 0.717) is 0 Å². The first-order chi connectivity index (χ1) is 6.32. The maximum absolute atomic E-state index is 6.18. The summed E-state index contributed by atoms with van der Waals surface area (Å²) < 4.78 is 0. The average molecular weight is 212 g/mol. The smallest absolute Gasteiger partial charge is 0.0408 e. The number of aryl methyl sites for hydroxylation is 1. The first-order valence-corrected chi connectivity index (χ1v) is 5.22. The molecule has 0 fully saturated rings. The normalized spacial score (nSPS) is 14.1. The van der Waals surface area contributed by atoms with Crippen LogP contribution in [0.4, 0.5) is 0 Å². The van der Waals surface area contributed by atoms with Crippen molar-refractivity contribution < 1.29 is 0 Å². The number of hydrogen-bond acceptors (Lipinski definition) is 1. The molecule has 1 atom stereocenters. The second kappa shape index (κ2) is 3.92. The van der Waals surface area contributed by atoms with Crippen molar-refractivity contribution in [1.82, 2.24) is 0 Å². The van der Waals surface area contributed by atoms with Crippen LogP contribution < -0.4 is 5.73 Å². The summed E-state index contributed by atoms with van der Waals surface area (Å²) in [6.07, 6.45) is 0. The van der Waals surface area contributed by atoms with E-state index >= 15 is 0 Å². The van der Waals surface area contributed by atoms with E-state index in [9.17, 15) is 0 Å². The van der Waals surface area contributed by atoms with E-state index in [1.54, 1.807) is 0 Å². The Morgan fingerprint density at radius 1 is 1.29 bits per heavy atom. The molecule has 0 aliphatic heterocycles. The van der Waals surface area contributed by atoms with Crippen molar-refractivity contribution in [2.24, 2.45) is 11.1 Å². The minimum absolute atomic E-state index is 0.0553. The summed E-state index contributed by atoms with van der Waals surface area (Å²) in [5.41, 5.74) is 8.61. The molecule has 0 saturated carbocycles. The lowest BCUT2D eigenvalue weighted by molar-refractivity contribution is 0.326. The van der Waals surface area contributed by atoms with Crippen molar-refractivity contribution in [1.29, 1.82) is 0 Å². The molecule has 1 unspecified atom stereocenters. The molecule has 0 aliphatic rings. The number of nitrogens with two attached hydrogens (primary N) is 1. The second-order valence-electron chi connectivity index (χ2n) is 4.84. The van der Waals surface area contributed by atoms with E-state index in [0.717, 1.165) is 5.02 Å². The van der Waals surface area contributed by atoms with Gasteiger partial charge in [-0.3, -0.25) is 0 Å². The highest BCUT2D eigenvalue weighted by Gasteiger charge is 2.23. The molecule has 14 heavy (non-hydrogen) atoms. The highest BCUT2D eigenvalue weighted by atomic mass is 35.5. The van der Waals surface area contributed by atoms with E-state index in [1.807, 2.05) is 25.1 Å². The molecule has 0 amide bonds. The van der Waals surface area contributed by atoms with Crippen LogP contribution in [-0.4, -0.2) is 0 Å². The lowest BCUT2D eigenvalue weighted by Crippen LogP contribution is -2.26. The Labute approximate surface area is 91.3 Å². The van der Waals surface area contributed by atoms with Crippen molar-refractivity contribution in [3.8, 4) is 0 Å². The zero-order valence-electron chi connectivity index (χ0n) is 9.26. The quantitative estimate of drug-likeness (QED) is 0.754. The van der Waals surface area contributed by atoms with Gasteiger partial charge in [0.15, 0.2) is 0 Å². The molecule has 1 nitrogen and oxygen atoms in total. The fraction of sp³-hybridized carbons (Fsp3) is 0.500. The topological polar surface area (TPSA) is 26.0 Å². The third-order valence-electron chi connectivity index (χ3n) is 2.50. The van der Waals surface area contributed by atoms with E-state index < -0.39 is 0 Å². The number of rotatable bonds is 1. The largest absolute Gasteiger partial charge is 0.324 e. The number of benzene rings is 1. The molecule has 0 bridgehead atoms. The van der Waals surface area contributed by atoms with Crippen LogP contribution >= 0.6 is 11.6 Å². The van der Waals surface area contributed by atoms with Crippen LogP contribution in [0.2, 0.25) is 5.02 Å². The Morgan fingerprint density at radius 2 is 1.86 bits per heavy atom. The van der Waals surface area contributed by atoms with Gasteiger partial charge in [-0.2, -0.15) is 0 Å². The maximum atomic E-state index is 6.18. The summed E-state index contributed by atoms with van der Waals surface area (Å²) >= 11 is 5.90. The van der Waals surface area contributed by atoms with Gasteiger partial charge in [-0.1, -0.05) is 38.4 Å². The van der Waals surface area contributed by atoms with Gasteiger partial charge < -0.3 is 5.73 Å². The van der Waals surface area contributed by atoms with Gasteiger partial charge in [0, 0.05) is 11.1 Å². The molecule has 2 heteroatoms. The van der Waals surface area contributed by atoms with Gasteiger partial charge in [0.1, 0.15) is 0 Å². The summed E-state index contributed by atoms with van der Waals surface area (Å²) in [4.78, 5) is 0. The maximum Gasteiger partial charge on any atom is 0.0408 e. The molecule has 0 radical (unpaired) electrons. The molecule has 0 aromatic heterocycles. The molecule has 1 aromatic carbocycles. The third kappa shape index (κ3) is 2.49. The van der Waals surface area contributed by atoms with Crippen molar-refractivity contribution in [2.45, 2.75) is 33.7 Å². The third-order valence-corrected chi connectivity index (χ3v) is 2.74. The van der Waals surface area contributed by atoms with Crippen molar-refractivity contribution in [3.63, 3.8) is 0 Å². The SMILES string of the molecule is Cc1cc(Cl)ccc1C(N)C(C)(C)C. The molecule has 0 spiro atoms. The summed E-state index contributed by atoms with van der Waals surface area (Å²) in [6.45, 7) is 8.48. The highest BCUT2D eigenvalue weighted by molar-refractivity contribution is 6.30. The Hall–Kier alpha value is -0.530. The second-order valence-corrected chi connectivity index (χ2v) is 5.28. The van der Waals surface area contributed by atoms with Gasteiger partial charge in [0.2, 0.25) is 0 Å². The summed E-state index contributed by atoms with van der Waals surface area (Å²) in [6, 6.07) is 5.94. The molecular weight excluding hydrogens is 194 g/mol. The Kier molecular flexibility index (Phi) is 3.23. The van der Waals surface area contributed by atoms with E-state index in [2.05, 4.69) is 20.8 Å². The Morgan fingerprint density at radius 3 is 2.29 bits per heavy atom. The van der Waals surface area contributed by atoms with Gasteiger partial charge in [0.05, 0.1) is 0 Å². The predicted molar refractivity (Wildman–Crippen MR) is 62.6 cm³/mol. The molecule has 1 aromatic rings. The van der Waals surface area contributed by atoms with Crippen molar-refractivity contribution in [2.75, 3.05) is 0 Å². The summed E-state index contributed by atoms with van der Waals surface area (Å²) in [5.74, 6) is 0. The van der Waals surface area contributed by atoms with E-state index in [1.165, 1.54) is 11.1 Å². The minimum atomic E-state index is 0.0553. The Balaban J connectivity index is 3.08. The molecule has 78 valence electrons. The first-order valence-electron chi connectivity index (χ1n) is 4.84. The average Bonchev–Trinajstić information content (AvgIpc) is 2.01. The molecular formula is C12H18ClN. The van der Waals surface area contributed by atoms with Crippen LogP contribution in [0.25, 0.3) is 0 Å². The summed E-state index contributed by atoms with van der Waals surface area (Å²) in [5, 5.41) is 0.771. The Bertz CT molecular complexity index is 326. The fourth-order valence-electron chi connectivity index (χ4n) is 1.45. The van der Waals surface area contributed by atoms with Crippen LogP contribution in [0, 0.1) is 12.3 Å². The zero-order chi connectivity index (χ0) is 10.9. The number of halogens is 1. The standard InChI is InChI=1S/C12H18ClN/c1-8-7-9(13)5-6-10(8)11(14)12(2,3)4/h5-7,11H,14H2,1-4H3. The first kappa shape index (κ1) is 11.5.